The molecule has 2 aromatic rings. The molecule has 0 spiro atoms. The summed E-state index contributed by atoms with van der Waals surface area (Å²) in [6.07, 6.45) is 2.72. The Balaban J connectivity index is 2.08. The van der Waals surface area contributed by atoms with Crippen LogP contribution in [0.25, 0.3) is 10.9 Å². The molecule has 4 heteroatoms. The minimum Gasteiger partial charge on any atom is -0.351 e. The molecule has 106 valence electrons. The van der Waals surface area contributed by atoms with Crippen LogP contribution in [0.5, 0.6) is 0 Å². The normalized spacial score (nSPS) is 12.6. The first-order valence-corrected chi connectivity index (χ1v) is 7.75. The van der Waals surface area contributed by atoms with Crippen molar-refractivity contribution in [2.24, 2.45) is 5.92 Å². The minimum absolute atomic E-state index is 0.0446. The second kappa shape index (κ2) is 6.84. The lowest BCUT2D eigenvalue weighted by atomic mass is 10.1. The van der Waals surface area contributed by atoms with Crippen LogP contribution in [0, 0.1) is 5.92 Å². The number of hydrogen-bond donors (Lipinski definition) is 1. The van der Waals surface area contributed by atoms with Gasteiger partial charge in [0.05, 0.1) is 11.1 Å². The van der Waals surface area contributed by atoms with E-state index in [0.29, 0.717) is 22.9 Å². The number of hydrogen-bond acceptors (Lipinski definition) is 2. The van der Waals surface area contributed by atoms with E-state index in [1.807, 2.05) is 24.3 Å². The van der Waals surface area contributed by atoms with Crippen molar-refractivity contribution in [3.8, 4) is 0 Å². The third-order valence-electron chi connectivity index (χ3n) is 3.10. The first-order valence-electron chi connectivity index (χ1n) is 6.84. The minimum atomic E-state index is -0.0446. The summed E-state index contributed by atoms with van der Waals surface area (Å²) in [6.45, 7) is 4.98. The van der Waals surface area contributed by atoms with Crippen LogP contribution in [0.2, 0.25) is 0 Å². The molecule has 0 saturated carbocycles. The fourth-order valence-electron chi connectivity index (χ4n) is 2.19. The maximum absolute atomic E-state index is 12.3. The summed E-state index contributed by atoms with van der Waals surface area (Å²) in [5.74, 6) is 0.565. The maximum atomic E-state index is 12.3. The Morgan fingerprint density at radius 3 is 2.80 bits per heavy atom. The summed E-state index contributed by atoms with van der Waals surface area (Å²) < 4.78 is 0. The quantitative estimate of drug-likeness (QED) is 0.845. The van der Waals surface area contributed by atoms with E-state index in [-0.39, 0.29) is 5.91 Å². The van der Waals surface area contributed by atoms with Gasteiger partial charge in [0, 0.05) is 23.0 Å². The predicted molar refractivity (Wildman–Crippen MR) is 86.2 cm³/mol. The van der Waals surface area contributed by atoms with E-state index >= 15 is 0 Å². The highest BCUT2D eigenvalue weighted by atomic mass is 79.9. The van der Waals surface area contributed by atoms with E-state index < -0.39 is 0 Å². The SMILES string of the molecule is CC(C)CC(Br)CNC(=O)c1ccnc2ccccc12. The monoisotopic (exact) mass is 334 g/mol. The van der Waals surface area contributed by atoms with Crippen LogP contribution in [0.15, 0.2) is 36.5 Å². The molecular formula is C16H19BrN2O. The van der Waals surface area contributed by atoms with Crippen molar-refractivity contribution in [1.82, 2.24) is 10.3 Å². The zero-order chi connectivity index (χ0) is 14.5. The van der Waals surface area contributed by atoms with E-state index in [1.165, 1.54) is 0 Å². The van der Waals surface area contributed by atoms with E-state index in [1.54, 1.807) is 12.3 Å². The van der Waals surface area contributed by atoms with E-state index in [0.717, 1.165) is 17.3 Å². The summed E-state index contributed by atoms with van der Waals surface area (Å²) in [6, 6.07) is 9.46. The Morgan fingerprint density at radius 1 is 1.30 bits per heavy atom. The molecule has 1 amide bonds. The number of para-hydroxylation sites is 1. The molecule has 0 aliphatic carbocycles. The number of rotatable bonds is 5. The highest BCUT2D eigenvalue weighted by Gasteiger charge is 2.12. The fourth-order valence-corrected chi connectivity index (χ4v) is 3.10. The highest BCUT2D eigenvalue weighted by Crippen LogP contribution is 2.16. The molecule has 0 saturated heterocycles. The second-order valence-electron chi connectivity index (χ2n) is 5.31. The van der Waals surface area contributed by atoms with Gasteiger partial charge in [-0.2, -0.15) is 0 Å². The topological polar surface area (TPSA) is 42.0 Å². The molecule has 20 heavy (non-hydrogen) atoms. The summed E-state index contributed by atoms with van der Waals surface area (Å²) in [5.41, 5.74) is 1.53. The summed E-state index contributed by atoms with van der Waals surface area (Å²) in [7, 11) is 0. The third kappa shape index (κ3) is 3.79. The number of amides is 1. The summed E-state index contributed by atoms with van der Waals surface area (Å²) in [5, 5.41) is 3.87. The van der Waals surface area contributed by atoms with Crippen LogP contribution in [0.3, 0.4) is 0 Å². The Morgan fingerprint density at radius 2 is 2.05 bits per heavy atom. The van der Waals surface area contributed by atoms with Gasteiger partial charge in [-0.05, 0) is 24.5 Å². The first kappa shape index (κ1) is 15.0. The van der Waals surface area contributed by atoms with Gasteiger partial charge in [0.1, 0.15) is 0 Å². The summed E-state index contributed by atoms with van der Waals surface area (Å²) >= 11 is 3.60. The molecule has 0 radical (unpaired) electrons. The van der Waals surface area contributed by atoms with Crippen LogP contribution < -0.4 is 5.32 Å². The molecule has 0 fully saturated rings. The molecule has 1 aromatic heterocycles. The van der Waals surface area contributed by atoms with E-state index in [4.69, 9.17) is 0 Å². The smallest absolute Gasteiger partial charge is 0.252 e. The van der Waals surface area contributed by atoms with Crippen LogP contribution >= 0.6 is 15.9 Å². The molecule has 1 N–H and O–H groups in total. The lowest BCUT2D eigenvalue weighted by Gasteiger charge is -2.13. The van der Waals surface area contributed by atoms with Crippen molar-refractivity contribution >= 4 is 32.7 Å². The maximum Gasteiger partial charge on any atom is 0.252 e. The average Bonchev–Trinajstić information content (AvgIpc) is 2.43. The van der Waals surface area contributed by atoms with Crippen molar-refractivity contribution in [3.05, 3.63) is 42.1 Å². The number of halogens is 1. The predicted octanol–water partition coefficient (Wildman–Crippen LogP) is 3.77. The molecule has 2 rings (SSSR count). The molecule has 0 bridgehead atoms. The Kier molecular flexibility index (Phi) is 5.12. The van der Waals surface area contributed by atoms with Crippen molar-refractivity contribution in [1.29, 1.82) is 0 Å². The standard InChI is InChI=1S/C16H19BrN2O/c1-11(2)9-12(17)10-19-16(20)14-7-8-18-15-6-4-3-5-13(14)15/h3-8,11-12H,9-10H2,1-2H3,(H,19,20). The van der Waals surface area contributed by atoms with Crippen molar-refractivity contribution in [3.63, 3.8) is 0 Å². The van der Waals surface area contributed by atoms with Crippen LogP contribution in [-0.2, 0) is 0 Å². The number of nitrogens with zero attached hydrogens (tertiary/aromatic N) is 1. The average molecular weight is 335 g/mol. The Bertz CT molecular complexity index is 593. The van der Waals surface area contributed by atoms with Gasteiger partial charge in [-0.3, -0.25) is 9.78 Å². The number of nitrogens with one attached hydrogen (secondary N) is 1. The number of pyridine rings is 1. The Labute approximate surface area is 127 Å². The molecule has 1 atom stereocenters. The molecule has 0 aliphatic heterocycles. The van der Waals surface area contributed by atoms with Gasteiger partial charge < -0.3 is 5.32 Å². The van der Waals surface area contributed by atoms with Gasteiger partial charge >= 0.3 is 0 Å². The van der Waals surface area contributed by atoms with Gasteiger partial charge in [-0.1, -0.05) is 48.0 Å². The zero-order valence-corrected chi connectivity index (χ0v) is 13.4. The van der Waals surface area contributed by atoms with Gasteiger partial charge in [0.25, 0.3) is 5.91 Å². The third-order valence-corrected chi connectivity index (χ3v) is 3.80. The molecule has 1 aromatic carbocycles. The molecular weight excluding hydrogens is 316 g/mol. The van der Waals surface area contributed by atoms with Crippen molar-refractivity contribution in [2.45, 2.75) is 25.1 Å². The fraction of sp³-hybridized carbons (Fsp3) is 0.375. The molecule has 0 aliphatic rings. The number of alkyl halides is 1. The number of aromatic nitrogens is 1. The Hall–Kier alpha value is -1.42. The van der Waals surface area contributed by atoms with Gasteiger partial charge in [0.2, 0.25) is 0 Å². The second-order valence-corrected chi connectivity index (χ2v) is 6.61. The largest absolute Gasteiger partial charge is 0.351 e. The number of fused-ring (bicyclic) bond motifs is 1. The van der Waals surface area contributed by atoms with E-state index in [9.17, 15) is 4.79 Å². The zero-order valence-electron chi connectivity index (χ0n) is 11.8. The number of benzene rings is 1. The van der Waals surface area contributed by atoms with Crippen molar-refractivity contribution in [2.75, 3.05) is 6.54 Å². The van der Waals surface area contributed by atoms with Gasteiger partial charge in [-0.15, -0.1) is 0 Å². The molecule has 1 unspecified atom stereocenters. The first-order chi connectivity index (χ1) is 9.58. The van der Waals surface area contributed by atoms with Crippen LogP contribution in [-0.4, -0.2) is 22.3 Å². The van der Waals surface area contributed by atoms with Gasteiger partial charge in [0.15, 0.2) is 0 Å². The lowest BCUT2D eigenvalue weighted by Crippen LogP contribution is -2.30. The molecule has 3 nitrogen and oxygen atoms in total. The lowest BCUT2D eigenvalue weighted by molar-refractivity contribution is 0.0955. The number of carbonyl (C=O) groups is 1. The molecule has 1 heterocycles. The number of carbonyl (C=O) groups excluding carboxylic acids is 1. The van der Waals surface area contributed by atoms with E-state index in [2.05, 4.69) is 40.1 Å². The summed E-state index contributed by atoms with van der Waals surface area (Å²) in [4.78, 5) is 16.9. The van der Waals surface area contributed by atoms with Crippen molar-refractivity contribution < 1.29 is 4.79 Å². The highest BCUT2D eigenvalue weighted by molar-refractivity contribution is 9.09. The van der Waals surface area contributed by atoms with Crippen LogP contribution in [0.1, 0.15) is 30.6 Å². The van der Waals surface area contributed by atoms with Crippen LogP contribution in [0.4, 0.5) is 0 Å². The van der Waals surface area contributed by atoms with Gasteiger partial charge in [-0.25, -0.2) is 0 Å².